The summed E-state index contributed by atoms with van der Waals surface area (Å²) in [5.74, 6) is 0.312. The van der Waals surface area contributed by atoms with Crippen molar-refractivity contribution in [3.63, 3.8) is 0 Å². The van der Waals surface area contributed by atoms with Gasteiger partial charge in [0.15, 0.2) is 11.5 Å². The van der Waals surface area contributed by atoms with Gasteiger partial charge in [-0.05, 0) is 36.6 Å². The topological polar surface area (TPSA) is 90.6 Å². The van der Waals surface area contributed by atoms with E-state index in [4.69, 9.17) is 15.2 Å². The molecule has 0 saturated heterocycles. The summed E-state index contributed by atoms with van der Waals surface area (Å²) in [5.41, 5.74) is 6.13. The third kappa shape index (κ3) is 5.61. The molecule has 0 spiro atoms. The van der Waals surface area contributed by atoms with Crippen LogP contribution in [-0.2, 0) is 9.59 Å². The molecule has 6 heteroatoms. The van der Waals surface area contributed by atoms with E-state index in [2.05, 4.69) is 5.32 Å². The lowest BCUT2D eigenvalue weighted by molar-refractivity contribution is -0.126. The van der Waals surface area contributed by atoms with Gasteiger partial charge in [-0.15, -0.1) is 0 Å². The minimum absolute atomic E-state index is 0.0228. The molecule has 0 aliphatic carbocycles. The number of primary amides is 1. The molecule has 0 fully saturated rings. The molecule has 6 nitrogen and oxygen atoms in total. The van der Waals surface area contributed by atoms with E-state index in [0.29, 0.717) is 18.1 Å². The predicted molar refractivity (Wildman–Crippen MR) is 93.8 cm³/mol. The van der Waals surface area contributed by atoms with Crippen molar-refractivity contribution in [2.45, 2.75) is 33.2 Å². The first-order chi connectivity index (χ1) is 11.4. The summed E-state index contributed by atoms with van der Waals surface area (Å²) in [7, 11) is 1.56. The molecule has 0 bridgehead atoms. The van der Waals surface area contributed by atoms with E-state index in [-0.39, 0.29) is 11.8 Å². The maximum atomic E-state index is 12.0. The van der Waals surface area contributed by atoms with Gasteiger partial charge in [-0.25, -0.2) is 0 Å². The van der Waals surface area contributed by atoms with E-state index >= 15 is 0 Å². The first kappa shape index (κ1) is 19.5. The van der Waals surface area contributed by atoms with Crippen LogP contribution in [-0.4, -0.2) is 31.6 Å². The molecule has 1 rings (SSSR count). The molecule has 0 aromatic heterocycles. The third-order valence-corrected chi connectivity index (χ3v) is 3.73. The van der Waals surface area contributed by atoms with Gasteiger partial charge in [0.25, 0.3) is 0 Å². The van der Waals surface area contributed by atoms with Gasteiger partial charge in [0, 0.05) is 6.08 Å². The SMILES string of the molecule is CCOc1ccc(C=CC(=O)NC(C(N)=O)C(C)CC)cc1OC. The molecular formula is C18H26N2O4. The van der Waals surface area contributed by atoms with Gasteiger partial charge < -0.3 is 20.5 Å². The zero-order chi connectivity index (χ0) is 18.1. The van der Waals surface area contributed by atoms with Crippen LogP contribution in [0.3, 0.4) is 0 Å². The van der Waals surface area contributed by atoms with Gasteiger partial charge in [0.1, 0.15) is 6.04 Å². The molecule has 0 aliphatic rings. The molecule has 1 aromatic carbocycles. The van der Waals surface area contributed by atoms with Crippen molar-refractivity contribution in [3.8, 4) is 11.5 Å². The molecule has 2 amide bonds. The highest BCUT2D eigenvalue weighted by atomic mass is 16.5. The number of benzene rings is 1. The lowest BCUT2D eigenvalue weighted by Crippen LogP contribution is -2.47. The summed E-state index contributed by atoms with van der Waals surface area (Å²) >= 11 is 0. The molecule has 0 saturated carbocycles. The first-order valence-corrected chi connectivity index (χ1v) is 8.01. The Hall–Kier alpha value is -2.50. The van der Waals surface area contributed by atoms with Crippen LogP contribution < -0.4 is 20.5 Å². The predicted octanol–water partition coefficient (Wildman–Crippen LogP) is 2.12. The Morgan fingerprint density at radius 1 is 1.29 bits per heavy atom. The van der Waals surface area contributed by atoms with Crippen LogP contribution in [0.1, 0.15) is 32.8 Å². The fourth-order valence-electron chi connectivity index (χ4n) is 2.17. The molecule has 0 radical (unpaired) electrons. The smallest absolute Gasteiger partial charge is 0.244 e. The van der Waals surface area contributed by atoms with Crippen molar-refractivity contribution >= 4 is 17.9 Å². The molecule has 2 atom stereocenters. The highest BCUT2D eigenvalue weighted by molar-refractivity contribution is 5.95. The van der Waals surface area contributed by atoms with Gasteiger partial charge in [0.05, 0.1) is 13.7 Å². The number of methoxy groups -OCH3 is 1. The van der Waals surface area contributed by atoms with Gasteiger partial charge in [-0.1, -0.05) is 26.3 Å². The Bertz CT molecular complexity index is 599. The second kappa shape index (κ2) is 9.60. The van der Waals surface area contributed by atoms with Crippen molar-refractivity contribution in [3.05, 3.63) is 29.8 Å². The number of hydrogen-bond donors (Lipinski definition) is 2. The average Bonchev–Trinajstić information content (AvgIpc) is 2.57. The van der Waals surface area contributed by atoms with Crippen LogP contribution in [0, 0.1) is 5.92 Å². The van der Waals surface area contributed by atoms with Gasteiger partial charge in [-0.3, -0.25) is 9.59 Å². The van der Waals surface area contributed by atoms with Gasteiger partial charge >= 0.3 is 0 Å². The Balaban J connectivity index is 2.81. The summed E-state index contributed by atoms with van der Waals surface area (Å²) in [4.78, 5) is 23.5. The van der Waals surface area contributed by atoms with E-state index in [0.717, 1.165) is 12.0 Å². The van der Waals surface area contributed by atoms with Crippen LogP contribution in [0.4, 0.5) is 0 Å². The molecule has 1 aromatic rings. The maximum absolute atomic E-state index is 12.0. The van der Waals surface area contributed by atoms with E-state index < -0.39 is 11.9 Å². The number of nitrogens with two attached hydrogens (primary N) is 1. The molecular weight excluding hydrogens is 308 g/mol. The van der Waals surface area contributed by atoms with Crippen LogP contribution in [0.15, 0.2) is 24.3 Å². The number of carbonyl (C=O) groups is 2. The summed E-state index contributed by atoms with van der Waals surface area (Å²) in [6.45, 7) is 6.24. The fourth-order valence-corrected chi connectivity index (χ4v) is 2.17. The van der Waals surface area contributed by atoms with E-state index in [1.54, 1.807) is 25.3 Å². The normalized spacial score (nSPS) is 13.3. The van der Waals surface area contributed by atoms with E-state index in [9.17, 15) is 9.59 Å². The summed E-state index contributed by atoms with van der Waals surface area (Å²) in [5, 5.41) is 2.64. The molecule has 0 aliphatic heterocycles. The number of carbonyl (C=O) groups excluding carboxylic acids is 2. The zero-order valence-electron chi connectivity index (χ0n) is 14.7. The largest absolute Gasteiger partial charge is 0.493 e. The number of nitrogens with one attached hydrogen (secondary N) is 1. The van der Waals surface area contributed by atoms with E-state index in [1.165, 1.54) is 6.08 Å². The number of amides is 2. The van der Waals surface area contributed by atoms with Gasteiger partial charge in [0.2, 0.25) is 11.8 Å². The van der Waals surface area contributed by atoms with Crippen molar-refractivity contribution in [2.24, 2.45) is 11.7 Å². The molecule has 2 unspecified atom stereocenters. The Labute approximate surface area is 143 Å². The van der Waals surface area contributed by atoms with E-state index in [1.807, 2.05) is 26.8 Å². The van der Waals surface area contributed by atoms with Crippen molar-refractivity contribution in [1.29, 1.82) is 0 Å². The number of hydrogen-bond acceptors (Lipinski definition) is 4. The van der Waals surface area contributed by atoms with Crippen LogP contribution in [0.25, 0.3) is 6.08 Å². The highest BCUT2D eigenvalue weighted by Gasteiger charge is 2.22. The second-order valence-corrected chi connectivity index (χ2v) is 5.45. The Morgan fingerprint density at radius 3 is 2.54 bits per heavy atom. The fraction of sp³-hybridized carbons (Fsp3) is 0.444. The number of rotatable bonds is 9. The van der Waals surface area contributed by atoms with Crippen LogP contribution in [0.2, 0.25) is 0 Å². The van der Waals surface area contributed by atoms with Crippen LogP contribution in [0.5, 0.6) is 11.5 Å². The lowest BCUT2D eigenvalue weighted by Gasteiger charge is -2.20. The Kier molecular flexibility index (Phi) is 7.82. The second-order valence-electron chi connectivity index (χ2n) is 5.45. The quantitative estimate of drug-likeness (QED) is 0.677. The molecule has 132 valence electrons. The van der Waals surface area contributed by atoms with Crippen LogP contribution >= 0.6 is 0 Å². The van der Waals surface area contributed by atoms with Crippen molar-refractivity contribution < 1.29 is 19.1 Å². The number of ether oxygens (including phenoxy) is 2. The molecule has 0 heterocycles. The molecule has 3 N–H and O–H groups in total. The Morgan fingerprint density at radius 2 is 2.00 bits per heavy atom. The van der Waals surface area contributed by atoms with Crippen molar-refractivity contribution in [2.75, 3.05) is 13.7 Å². The highest BCUT2D eigenvalue weighted by Crippen LogP contribution is 2.28. The minimum atomic E-state index is -0.679. The molecule has 24 heavy (non-hydrogen) atoms. The zero-order valence-corrected chi connectivity index (χ0v) is 14.7. The average molecular weight is 334 g/mol. The first-order valence-electron chi connectivity index (χ1n) is 8.01. The van der Waals surface area contributed by atoms with Gasteiger partial charge in [-0.2, -0.15) is 0 Å². The lowest BCUT2D eigenvalue weighted by atomic mass is 9.98. The monoisotopic (exact) mass is 334 g/mol. The summed E-state index contributed by atoms with van der Waals surface area (Å²) in [6.07, 6.45) is 3.75. The van der Waals surface area contributed by atoms with Crippen molar-refractivity contribution in [1.82, 2.24) is 5.32 Å². The summed E-state index contributed by atoms with van der Waals surface area (Å²) < 4.78 is 10.7. The third-order valence-electron chi connectivity index (χ3n) is 3.73. The summed E-state index contributed by atoms with van der Waals surface area (Å²) in [6, 6.07) is 4.69. The maximum Gasteiger partial charge on any atom is 0.244 e. The standard InChI is InChI=1S/C18H26N2O4/c1-5-12(3)17(18(19)22)20-16(21)10-8-13-7-9-14(24-6-2)15(11-13)23-4/h7-12,17H,5-6H2,1-4H3,(H2,19,22)(H,20,21). The minimum Gasteiger partial charge on any atom is -0.493 e.